The maximum Gasteiger partial charge on any atom is 0.325 e. The minimum atomic E-state index is -0.363. The van der Waals surface area contributed by atoms with Crippen LogP contribution >= 0.6 is 0 Å². The minimum absolute atomic E-state index is 0.204. The molecule has 2 heterocycles. The van der Waals surface area contributed by atoms with Gasteiger partial charge in [-0.1, -0.05) is 6.92 Å². The van der Waals surface area contributed by atoms with E-state index >= 15 is 0 Å². The molecule has 0 aliphatic carbocycles. The van der Waals surface area contributed by atoms with Crippen molar-refractivity contribution in [2.45, 2.75) is 13.3 Å². The Kier molecular flexibility index (Phi) is 2.72. The van der Waals surface area contributed by atoms with Gasteiger partial charge in [0.05, 0.1) is 11.1 Å². The van der Waals surface area contributed by atoms with Gasteiger partial charge in [-0.05, 0) is 12.5 Å². The first-order valence-electron chi connectivity index (χ1n) is 5.07. The highest BCUT2D eigenvalue weighted by Crippen LogP contribution is 2.09. The standard InChI is InChI=1S/C10H12N4O2/c1-2-4-12-9(15)6-3-5-11-8-7(6)13-10(16)14-8/h3,5H,2,4H2,1H3,(H,12,15)(H2,11,13,14,16). The Morgan fingerprint density at radius 1 is 1.50 bits per heavy atom. The molecule has 0 unspecified atom stereocenters. The molecule has 2 rings (SSSR count). The highest BCUT2D eigenvalue weighted by molar-refractivity contribution is 6.03. The van der Waals surface area contributed by atoms with E-state index in [9.17, 15) is 9.59 Å². The van der Waals surface area contributed by atoms with Crippen LogP contribution in [0.15, 0.2) is 17.1 Å². The Hall–Kier alpha value is -2.11. The fraction of sp³-hybridized carbons (Fsp3) is 0.300. The van der Waals surface area contributed by atoms with Crippen LogP contribution in [0.1, 0.15) is 23.7 Å². The molecule has 6 nitrogen and oxygen atoms in total. The van der Waals surface area contributed by atoms with Crippen LogP contribution in [-0.4, -0.2) is 27.4 Å². The van der Waals surface area contributed by atoms with Gasteiger partial charge < -0.3 is 10.3 Å². The number of H-pyrrole nitrogens is 2. The number of aromatic nitrogens is 3. The second-order valence-electron chi connectivity index (χ2n) is 3.42. The molecular formula is C10H12N4O2. The molecule has 0 saturated carbocycles. The maximum absolute atomic E-state index is 11.8. The molecule has 6 heteroatoms. The number of aromatic amines is 2. The van der Waals surface area contributed by atoms with Gasteiger partial charge in [0.1, 0.15) is 0 Å². The Morgan fingerprint density at radius 2 is 2.31 bits per heavy atom. The summed E-state index contributed by atoms with van der Waals surface area (Å²) in [4.78, 5) is 31.9. The first-order valence-corrected chi connectivity index (χ1v) is 5.07. The van der Waals surface area contributed by atoms with Crippen LogP contribution in [0.3, 0.4) is 0 Å². The second kappa shape index (κ2) is 4.18. The van der Waals surface area contributed by atoms with Crippen molar-refractivity contribution in [2.24, 2.45) is 0 Å². The third-order valence-corrected chi connectivity index (χ3v) is 2.20. The SMILES string of the molecule is CCCNC(=O)c1ccnc2[nH]c(=O)[nH]c12. The number of fused-ring (bicyclic) bond motifs is 1. The number of imidazole rings is 1. The van der Waals surface area contributed by atoms with E-state index < -0.39 is 0 Å². The van der Waals surface area contributed by atoms with Crippen molar-refractivity contribution in [2.75, 3.05) is 6.54 Å². The predicted molar refractivity (Wildman–Crippen MR) is 59.3 cm³/mol. The molecule has 0 aromatic carbocycles. The van der Waals surface area contributed by atoms with E-state index in [2.05, 4.69) is 20.3 Å². The summed E-state index contributed by atoms with van der Waals surface area (Å²) in [5.41, 5.74) is 0.908. The van der Waals surface area contributed by atoms with Gasteiger partial charge in [0.2, 0.25) is 0 Å². The highest BCUT2D eigenvalue weighted by Gasteiger charge is 2.11. The highest BCUT2D eigenvalue weighted by atomic mass is 16.2. The third kappa shape index (κ3) is 1.81. The number of nitrogens with one attached hydrogen (secondary N) is 3. The van der Waals surface area contributed by atoms with Crippen LogP contribution in [0, 0.1) is 0 Å². The Morgan fingerprint density at radius 3 is 3.06 bits per heavy atom. The normalized spacial score (nSPS) is 10.6. The quantitative estimate of drug-likeness (QED) is 0.698. The number of nitrogens with zero attached hydrogens (tertiary/aromatic N) is 1. The van der Waals surface area contributed by atoms with Gasteiger partial charge in [-0.15, -0.1) is 0 Å². The molecule has 3 N–H and O–H groups in total. The van der Waals surface area contributed by atoms with Crippen LogP contribution in [0.25, 0.3) is 11.2 Å². The topological polar surface area (TPSA) is 90.6 Å². The third-order valence-electron chi connectivity index (χ3n) is 2.20. The lowest BCUT2D eigenvalue weighted by Crippen LogP contribution is -2.24. The van der Waals surface area contributed by atoms with Gasteiger partial charge in [-0.25, -0.2) is 9.78 Å². The van der Waals surface area contributed by atoms with E-state index in [1.807, 2.05) is 6.92 Å². The molecule has 0 radical (unpaired) electrons. The van der Waals surface area contributed by atoms with Crippen LogP contribution in [0.5, 0.6) is 0 Å². The molecule has 16 heavy (non-hydrogen) atoms. The number of hydrogen-bond acceptors (Lipinski definition) is 3. The lowest BCUT2D eigenvalue weighted by molar-refractivity contribution is 0.0955. The average Bonchev–Trinajstić information content (AvgIpc) is 2.65. The molecule has 0 spiro atoms. The number of amides is 1. The maximum atomic E-state index is 11.8. The van der Waals surface area contributed by atoms with Crippen molar-refractivity contribution in [3.8, 4) is 0 Å². The number of rotatable bonds is 3. The van der Waals surface area contributed by atoms with Crippen molar-refractivity contribution >= 4 is 17.1 Å². The zero-order valence-corrected chi connectivity index (χ0v) is 8.83. The molecule has 1 amide bonds. The summed E-state index contributed by atoms with van der Waals surface area (Å²) in [6, 6.07) is 1.58. The van der Waals surface area contributed by atoms with Gasteiger partial charge >= 0.3 is 5.69 Å². The smallest absolute Gasteiger partial charge is 0.325 e. The summed E-state index contributed by atoms with van der Waals surface area (Å²) < 4.78 is 0. The summed E-state index contributed by atoms with van der Waals surface area (Å²) in [6.45, 7) is 2.58. The van der Waals surface area contributed by atoms with Crippen molar-refractivity contribution in [3.05, 3.63) is 28.3 Å². The molecule has 0 aliphatic heterocycles. The summed E-state index contributed by atoms with van der Waals surface area (Å²) >= 11 is 0. The van der Waals surface area contributed by atoms with Crippen LogP contribution < -0.4 is 11.0 Å². The van der Waals surface area contributed by atoms with Crippen LogP contribution in [-0.2, 0) is 0 Å². The predicted octanol–water partition coefficient (Wildman–Crippen LogP) is 0.391. The van der Waals surface area contributed by atoms with Gasteiger partial charge in [0, 0.05) is 12.7 Å². The van der Waals surface area contributed by atoms with Gasteiger partial charge in [-0.3, -0.25) is 9.78 Å². The van der Waals surface area contributed by atoms with Crippen molar-refractivity contribution in [1.82, 2.24) is 20.3 Å². The van der Waals surface area contributed by atoms with E-state index in [-0.39, 0.29) is 11.6 Å². The number of pyridine rings is 1. The lowest BCUT2D eigenvalue weighted by atomic mass is 10.2. The van der Waals surface area contributed by atoms with Gasteiger partial charge in [0.25, 0.3) is 5.91 Å². The van der Waals surface area contributed by atoms with E-state index in [1.54, 1.807) is 6.07 Å². The first-order chi connectivity index (χ1) is 7.72. The molecule has 0 bridgehead atoms. The molecule has 0 atom stereocenters. The Balaban J connectivity index is 2.43. The molecular weight excluding hydrogens is 208 g/mol. The Labute approximate surface area is 91.1 Å². The summed E-state index contributed by atoms with van der Waals surface area (Å²) in [5, 5.41) is 2.75. The molecule has 84 valence electrons. The monoisotopic (exact) mass is 220 g/mol. The number of carbonyl (C=O) groups is 1. The van der Waals surface area contributed by atoms with Gasteiger partial charge in [0.15, 0.2) is 5.65 Å². The Bertz CT molecular complexity index is 569. The molecule has 0 aliphatic rings. The van der Waals surface area contributed by atoms with Crippen LogP contribution in [0.4, 0.5) is 0 Å². The van der Waals surface area contributed by atoms with E-state index in [1.165, 1.54) is 6.20 Å². The average molecular weight is 220 g/mol. The molecule has 2 aromatic rings. The second-order valence-corrected chi connectivity index (χ2v) is 3.42. The van der Waals surface area contributed by atoms with Crippen LogP contribution in [0.2, 0.25) is 0 Å². The van der Waals surface area contributed by atoms with E-state index in [0.717, 1.165) is 6.42 Å². The number of carbonyl (C=O) groups excluding carboxylic acids is 1. The van der Waals surface area contributed by atoms with Crippen molar-refractivity contribution in [3.63, 3.8) is 0 Å². The lowest BCUT2D eigenvalue weighted by Gasteiger charge is -2.03. The summed E-state index contributed by atoms with van der Waals surface area (Å²) in [7, 11) is 0. The minimum Gasteiger partial charge on any atom is -0.352 e. The summed E-state index contributed by atoms with van der Waals surface area (Å²) in [6.07, 6.45) is 2.36. The first kappa shape index (κ1) is 10.4. The fourth-order valence-corrected chi connectivity index (χ4v) is 1.46. The fourth-order valence-electron chi connectivity index (χ4n) is 1.46. The largest absolute Gasteiger partial charge is 0.352 e. The molecule has 0 saturated heterocycles. The zero-order valence-electron chi connectivity index (χ0n) is 8.83. The van der Waals surface area contributed by atoms with E-state index in [4.69, 9.17) is 0 Å². The summed E-state index contributed by atoms with van der Waals surface area (Å²) in [5.74, 6) is -0.204. The van der Waals surface area contributed by atoms with Gasteiger partial charge in [-0.2, -0.15) is 0 Å². The van der Waals surface area contributed by atoms with E-state index in [0.29, 0.717) is 23.3 Å². The zero-order chi connectivity index (χ0) is 11.5. The van der Waals surface area contributed by atoms with Crippen molar-refractivity contribution in [1.29, 1.82) is 0 Å². The number of hydrogen-bond donors (Lipinski definition) is 3. The molecule has 0 fully saturated rings. The molecule has 2 aromatic heterocycles. The van der Waals surface area contributed by atoms with Crippen molar-refractivity contribution < 1.29 is 4.79 Å².